The van der Waals surface area contributed by atoms with Gasteiger partial charge in [-0.2, -0.15) is 4.98 Å². The average molecular weight is 425 g/mol. The zero-order valence-corrected chi connectivity index (χ0v) is 16.3. The Hall–Kier alpha value is -3.56. The first-order chi connectivity index (χ1) is 14.5. The molecular weight excluding hydrogens is 409 g/mol. The summed E-state index contributed by atoms with van der Waals surface area (Å²) in [4.78, 5) is 4.37. The minimum atomic E-state index is -3.67. The number of ether oxygens (including phenoxy) is 1. The summed E-state index contributed by atoms with van der Waals surface area (Å²) in [6.07, 6.45) is 0. The monoisotopic (exact) mass is 425 g/mol. The lowest BCUT2D eigenvalue weighted by atomic mass is 10.2. The van der Waals surface area contributed by atoms with Gasteiger partial charge in [-0.25, -0.2) is 17.5 Å². The summed E-state index contributed by atoms with van der Waals surface area (Å²) >= 11 is 0. The van der Waals surface area contributed by atoms with Gasteiger partial charge in [-0.05, 0) is 60.7 Å². The highest BCUT2D eigenvalue weighted by molar-refractivity contribution is 7.89. The third-order valence-corrected chi connectivity index (χ3v) is 5.51. The largest absolute Gasteiger partial charge is 0.457 e. The van der Waals surface area contributed by atoms with Crippen LogP contribution in [0.25, 0.3) is 11.4 Å². The third kappa shape index (κ3) is 4.70. The Morgan fingerprint density at radius 2 is 1.53 bits per heavy atom. The molecule has 0 spiro atoms. The van der Waals surface area contributed by atoms with E-state index in [0.29, 0.717) is 22.9 Å². The summed E-state index contributed by atoms with van der Waals surface area (Å²) in [6.45, 7) is -0.129. The van der Waals surface area contributed by atoms with E-state index in [-0.39, 0.29) is 23.1 Å². The van der Waals surface area contributed by atoms with Crippen molar-refractivity contribution in [3.05, 3.63) is 90.6 Å². The molecule has 152 valence electrons. The first kappa shape index (κ1) is 19.7. The second-order valence-corrected chi connectivity index (χ2v) is 8.00. The lowest BCUT2D eigenvalue weighted by Crippen LogP contribution is -2.23. The molecule has 0 aliphatic carbocycles. The highest BCUT2D eigenvalue weighted by atomic mass is 32.2. The zero-order valence-electron chi connectivity index (χ0n) is 15.5. The molecule has 0 aliphatic rings. The Bertz CT molecular complexity index is 1230. The lowest BCUT2D eigenvalue weighted by Gasteiger charge is -2.05. The van der Waals surface area contributed by atoms with Gasteiger partial charge >= 0.3 is 0 Å². The molecule has 0 fully saturated rings. The number of rotatable bonds is 7. The van der Waals surface area contributed by atoms with Gasteiger partial charge in [0.05, 0.1) is 11.4 Å². The van der Waals surface area contributed by atoms with Crippen LogP contribution in [0.1, 0.15) is 5.89 Å². The van der Waals surface area contributed by atoms with E-state index in [9.17, 15) is 12.8 Å². The van der Waals surface area contributed by atoms with Crippen molar-refractivity contribution in [2.24, 2.45) is 0 Å². The van der Waals surface area contributed by atoms with E-state index in [0.717, 1.165) is 0 Å². The fraction of sp³-hybridized carbons (Fsp3) is 0.0476. The molecule has 1 aromatic heterocycles. The Kier molecular flexibility index (Phi) is 5.55. The van der Waals surface area contributed by atoms with Crippen molar-refractivity contribution in [3.63, 3.8) is 0 Å². The Morgan fingerprint density at radius 3 is 2.20 bits per heavy atom. The number of nitrogens with zero attached hydrogens (tertiary/aromatic N) is 2. The molecule has 0 unspecified atom stereocenters. The molecule has 0 amide bonds. The summed E-state index contributed by atoms with van der Waals surface area (Å²) in [6, 6.07) is 20.6. The molecule has 0 bridgehead atoms. The Labute approximate surface area is 172 Å². The fourth-order valence-corrected chi connectivity index (χ4v) is 3.59. The highest BCUT2D eigenvalue weighted by Crippen LogP contribution is 2.24. The molecule has 7 nitrogen and oxygen atoms in total. The molecule has 4 aromatic rings. The van der Waals surface area contributed by atoms with Gasteiger partial charge in [-0.15, -0.1) is 0 Å². The minimum Gasteiger partial charge on any atom is -0.457 e. The van der Waals surface area contributed by atoms with E-state index in [1.807, 2.05) is 0 Å². The van der Waals surface area contributed by atoms with Crippen LogP contribution in [-0.2, 0) is 16.6 Å². The standard InChI is InChI=1S/C21H16FN3O4S/c22-16-8-12-18(13-9-16)28-17-10-6-15(7-11-17)21-24-20(29-25-21)14-23-30(26,27)19-4-2-1-3-5-19/h1-13,23H,14H2. The first-order valence-electron chi connectivity index (χ1n) is 8.91. The minimum absolute atomic E-state index is 0.129. The molecule has 9 heteroatoms. The van der Waals surface area contributed by atoms with Crippen molar-refractivity contribution in [1.82, 2.24) is 14.9 Å². The van der Waals surface area contributed by atoms with E-state index in [4.69, 9.17) is 9.26 Å². The van der Waals surface area contributed by atoms with Crippen LogP contribution in [0.5, 0.6) is 11.5 Å². The molecule has 4 rings (SSSR count). The van der Waals surface area contributed by atoms with Crippen molar-refractivity contribution in [1.29, 1.82) is 0 Å². The fourth-order valence-electron chi connectivity index (χ4n) is 2.59. The van der Waals surface area contributed by atoms with Gasteiger partial charge in [0.1, 0.15) is 17.3 Å². The molecule has 0 saturated carbocycles. The van der Waals surface area contributed by atoms with Gasteiger partial charge in [0.15, 0.2) is 0 Å². The van der Waals surface area contributed by atoms with Gasteiger partial charge in [0.25, 0.3) is 0 Å². The molecule has 0 atom stereocenters. The number of sulfonamides is 1. The number of benzene rings is 3. The molecule has 0 saturated heterocycles. The molecule has 3 aromatic carbocycles. The van der Waals surface area contributed by atoms with Crippen LogP contribution in [0.15, 0.2) is 88.3 Å². The van der Waals surface area contributed by atoms with Crippen LogP contribution >= 0.6 is 0 Å². The van der Waals surface area contributed by atoms with Gasteiger partial charge in [-0.3, -0.25) is 0 Å². The van der Waals surface area contributed by atoms with Crippen molar-refractivity contribution >= 4 is 10.0 Å². The second-order valence-electron chi connectivity index (χ2n) is 6.23. The average Bonchev–Trinajstić information content (AvgIpc) is 3.24. The third-order valence-electron chi connectivity index (χ3n) is 4.10. The number of aromatic nitrogens is 2. The highest BCUT2D eigenvalue weighted by Gasteiger charge is 2.16. The predicted octanol–water partition coefficient (Wildman–Crippen LogP) is 4.15. The summed E-state index contributed by atoms with van der Waals surface area (Å²) < 4.78 is 50.7. The Morgan fingerprint density at radius 1 is 0.900 bits per heavy atom. The molecule has 0 aliphatic heterocycles. The van der Waals surface area contributed by atoms with Gasteiger partial charge in [0, 0.05) is 5.56 Å². The quantitative estimate of drug-likeness (QED) is 0.478. The Balaban J connectivity index is 1.40. The first-order valence-corrected chi connectivity index (χ1v) is 10.4. The van der Waals surface area contributed by atoms with E-state index >= 15 is 0 Å². The van der Waals surface area contributed by atoms with Crippen LogP contribution in [0.3, 0.4) is 0 Å². The van der Waals surface area contributed by atoms with Crippen LogP contribution in [0.2, 0.25) is 0 Å². The van der Waals surface area contributed by atoms with Gasteiger partial charge in [0.2, 0.25) is 21.7 Å². The van der Waals surface area contributed by atoms with E-state index in [1.54, 1.807) is 42.5 Å². The number of hydrogen-bond acceptors (Lipinski definition) is 6. The molecule has 30 heavy (non-hydrogen) atoms. The molecule has 1 N–H and O–H groups in total. The maximum atomic E-state index is 13.0. The van der Waals surface area contributed by atoms with Crippen LogP contribution in [0, 0.1) is 5.82 Å². The second kappa shape index (κ2) is 8.44. The summed E-state index contributed by atoms with van der Waals surface area (Å²) in [5, 5.41) is 3.88. The van der Waals surface area contributed by atoms with Crippen molar-refractivity contribution in [3.8, 4) is 22.9 Å². The summed E-state index contributed by atoms with van der Waals surface area (Å²) in [5.41, 5.74) is 0.669. The zero-order chi connectivity index (χ0) is 21.0. The maximum Gasteiger partial charge on any atom is 0.242 e. The molecule has 1 heterocycles. The lowest BCUT2D eigenvalue weighted by molar-refractivity contribution is 0.376. The van der Waals surface area contributed by atoms with E-state index < -0.39 is 10.0 Å². The SMILES string of the molecule is O=S(=O)(NCc1nc(-c2ccc(Oc3ccc(F)cc3)cc2)no1)c1ccccc1. The summed E-state index contributed by atoms with van der Waals surface area (Å²) in [7, 11) is -3.67. The normalized spacial score (nSPS) is 11.4. The van der Waals surface area contributed by atoms with Gasteiger partial charge < -0.3 is 9.26 Å². The van der Waals surface area contributed by atoms with E-state index in [1.165, 1.54) is 36.4 Å². The van der Waals surface area contributed by atoms with Crippen molar-refractivity contribution in [2.75, 3.05) is 0 Å². The summed E-state index contributed by atoms with van der Waals surface area (Å²) in [5.74, 6) is 1.19. The van der Waals surface area contributed by atoms with Crippen LogP contribution < -0.4 is 9.46 Å². The van der Waals surface area contributed by atoms with E-state index in [2.05, 4.69) is 14.9 Å². The molecule has 0 radical (unpaired) electrons. The predicted molar refractivity (Wildman–Crippen MR) is 107 cm³/mol. The van der Waals surface area contributed by atoms with Crippen molar-refractivity contribution in [2.45, 2.75) is 11.4 Å². The van der Waals surface area contributed by atoms with Crippen LogP contribution in [-0.4, -0.2) is 18.6 Å². The molecular formula is C21H16FN3O4S. The number of hydrogen-bond donors (Lipinski definition) is 1. The smallest absolute Gasteiger partial charge is 0.242 e. The van der Waals surface area contributed by atoms with Crippen LogP contribution in [0.4, 0.5) is 4.39 Å². The number of halogens is 1. The topological polar surface area (TPSA) is 94.3 Å². The van der Waals surface area contributed by atoms with Gasteiger partial charge in [-0.1, -0.05) is 23.4 Å². The maximum absolute atomic E-state index is 13.0. The van der Waals surface area contributed by atoms with Crippen molar-refractivity contribution < 1.29 is 22.1 Å². The number of nitrogens with one attached hydrogen (secondary N) is 1.